The fourth-order valence-corrected chi connectivity index (χ4v) is 1.58. The molecule has 1 unspecified atom stereocenters. The van der Waals surface area contributed by atoms with Gasteiger partial charge >= 0.3 is 12.4 Å². The smallest absolute Gasteiger partial charge is 0.361 e. The molecule has 0 radical (unpaired) electrons. The van der Waals surface area contributed by atoms with E-state index in [0.717, 1.165) is 0 Å². The molecule has 1 N–H and O–H groups in total. The van der Waals surface area contributed by atoms with Crippen LogP contribution in [0.25, 0.3) is 0 Å². The maximum atomic E-state index is 12.2. The van der Waals surface area contributed by atoms with Gasteiger partial charge in [0, 0.05) is 6.61 Å². The highest BCUT2D eigenvalue weighted by Gasteiger charge is 2.57. The highest BCUT2D eigenvalue weighted by Crippen LogP contribution is 2.35. The summed E-state index contributed by atoms with van der Waals surface area (Å²) < 4.78 is 76.8. The predicted octanol–water partition coefficient (Wildman–Crippen LogP) is 3.17. The molecule has 0 aliphatic rings. The normalized spacial score (nSPS) is 16.0. The third-order valence-corrected chi connectivity index (χ3v) is 2.51. The Morgan fingerprint density at radius 1 is 1.15 bits per heavy atom. The first-order valence-corrected chi connectivity index (χ1v) is 5.87. The molecule has 0 saturated heterocycles. The van der Waals surface area contributed by atoms with Crippen molar-refractivity contribution in [2.75, 3.05) is 13.2 Å². The fraction of sp³-hybridized carbons (Fsp3) is 0.909. The van der Waals surface area contributed by atoms with Crippen LogP contribution in [-0.4, -0.2) is 37.1 Å². The van der Waals surface area contributed by atoms with Crippen LogP contribution in [0.4, 0.5) is 26.3 Å². The quantitative estimate of drug-likeness (QED) is 0.580. The molecule has 0 bridgehead atoms. The minimum atomic E-state index is -5.50. The van der Waals surface area contributed by atoms with Crippen molar-refractivity contribution < 1.29 is 31.1 Å². The largest absolute Gasteiger partial charge is 0.423 e. The Bertz CT molecular complexity index is 321. The van der Waals surface area contributed by atoms with Crippen molar-refractivity contribution >= 4 is 0 Å². The van der Waals surface area contributed by atoms with E-state index in [-0.39, 0.29) is 12.8 Å². The third kappa shape index (κ3) is 6.43. The van der Waals surface area contributed by atoms with E-state index in [1.165, 1.54) is 6.92 Å². The van der Waals surface area contributed by atoms with Crippen LogP contribution < -0.4 is 5.32 Å². The lowest BCUT2D eigenvalue weighted by Crippen LogP contribution is -2.45. The summed E-state index contributed by atoms with van der Waals surface area (Å²) >= 11 is 0. The number of nitriles is 1. The lowest BCUT2D eigenvalue weighted by molar-refractivity contribution is -0.321. The molecule has 0 aromatic heterocycles. The average molecular weight is 306 g/mol. The molecule has 0 aliphatic heterocycles. The second-order valence-corrected chi connectivity index (χ2v) is 4.41. The number of ether oxygens (including phenoxy) is 1. The van der Waals surface area contributed by atoms with Gasteiger partial charge in [-0.15, -0.1) is 0 Å². The van der Waals surface area contributed by atoms with Crippen LogP contribution in [0.1, 0.15) is 26.7 Å². The maximum absolute atomic E-state index is 12.2. The number of nitrogens with zero attached hydrogens (tertiary/aromatic N) is 1. The second kappa shape index (κ2) is 7.13. The molecule has 0 aromatic rings. The average Bonchev–Trinajstić information content (AvgIpc) is 2.25. The topological polar surface area (TPSA) is 45.0 Å². The van der Waals surface area contributed by atoms with E-state index in [4.69, 9.17) is 5.26 Å². The van der Waals surface area contributed by atoms with Crippen molar-refractivity contribution in [3.05, 3.63) is 0 Å². The van der Waals surface area contributed by atoms with E-state index >= 15 is 0 Å². The van der Waals surface area contributed by atoms with Crippen LogP contribution in [-0.2, 0) is 4.74 Å². The Hall–Kier alpha value is -1.01. The SMILES string of the molecule is CCNC(C)(C#N)CCCOC(C(F)(F)F)C(F)(F)F. The van der Waals surface area contributed by atoms with Crippen LogP contribution in [0.3, 0.4) is 0 Å². The molecule has 0 saturated carbocycles. The molecule has 20 heavy (non-hydrogen) atoms. The van der Waals surface area contributed by atoms with Crippen LogP contribution in [0.5, 0.6) is 0 Å². The van der Waals surface area contributed by atoms with Crippen LogP contribution in [0.2, 0.25) is 0 Å². The number of hydrogen-bond acceptors (Lipinski definition) is 3. The second-order valence-electron chi connectivity index (χ2n) is 4.41. The van der Waals surface area contributed by atoms with Crippen molar-refractivity contribution in [3.63, 3.8) is 0 Å². The van der Waals surface area contributed by atoms with Gasteiger partial charge in [0.15, 0.2) is 0 Å². The molecule has 3 nitrogen and oxygen atoms in total. The number of hydrogen-bond donors (Lipinski definition) is 1. The lowest BCUT2D eigenvalue weighted by Gasteiger charge is -2.25. The van der Waals surface area contributed by atoms with Gasteiger partial charge in [-0.25, -0.2) is 0 Å². The summed E-state index contributed by atoms with van der Waals surface area (Å²) in [4.78, 5) is 0. The fourth-order valence-electron chi connectivity index (χ4n) is 1.58. The standard InChI is InChI=1S/C11H16F6N2O/c1-3-19-9(2,7-18)5-4-6-20-8(10(12,13)14)11(15,16)17/h8,19H,3-6H2,1-2H3. The van der Waals surface area contributed by atoms with Gasteiger partial charge < -0.3 is 4.74 Å². The third-order valence-electron chi connectivity index (χ3n) is 2.51. The predicted molar refractivity (Wildman–Crippen MR) is 58.8 cm³/mol. The molecule has 0 rings (SSSR count). The first-order chi connectivity index (χ1) is 8.96. The minimum Gasteiger partial charge on any atom is -0.361 e. The van der Waals surface area contributed by atoms with E-state index in [1.54, 1.807) is 6.92 Å². The molecule has 0 heterocycles. The van der Waals surface area contributed by atoms with Gasteiger partial charge in [-0.2, -0.15) is 31.6 Å². The Morgan fingerprint density at radius 2 is 1.65 bits per heavy atom. The lowest BCUT2D eigenvalue weighted by atomic mass is 9.98. The summed E-state index contributed by atoms with van der Waals surface area (Å²) in [6.07, 6.45) is -14.8. The van der Waals surface area contributed by atoms with Crippen molar-refractivity contribution in [2.45, 2.75) is 50.7 Å². The molecule has 9 heteroatoms. The molecule has 1 atom stereocenters. The number of nitrogens with one attached hydrogen (secondary N) is 1. The monoisotopic (exact) mass is 306 g/mol. The zero-order chi connectivity index (χ0) is 16.0. The van der Waals surface area contributed by atoms with Crippen molar-refractivity contribution in [1.82, 2.24) is 5.32 Å². The Morgan fingerprint density at radius 3 is 2.00 bits per heavy atom. The molecule has 0 amide bonds. The first-order valence-electron chi connectivity index (χ1n) is 5.87. The van der Waals surface area contributed by atoms with Gasteiger partial charge in [-0.3, -0.25) is 5.32 Å². The Kier molecular flexibility index (Phi) is 6.77. The van der Waals surface area contributed by atoms with Crippen LogP contribution in [0, 0.1) is 11.3 Å². The highest BCUT2D eigenvalue weighted by molar-refractivity contribution is 5.03. The molecule has 118 valence electrons. The van der Waals surface area contributed by atoms with E-state index in [9.17, 15) is 26.3 Å². The Labute approximate surface area is 112 Å². The first kappa shape index (κ1) is 19.0. The van der Waals surface area contributed by atoms with Gasteiger partial charge in [-0.05, 0) is 26.3 Å². The minimum absolute atomic E-state index is 0.0831. The summed E-state index contributed by atoms with van der Waals surface area (Å²) in [7, 11) is 0. The summed E-state index contributed by atoms with van der Waals surface area (Å²) in [5.74, 6) is 0. The van der Waals surface area contributed by atoms with Gasteiger partial charge in [0.1, 0.15) is 5.54 Å². The summed E-state index contributed by atoms with van der Waals surface area (Å²) in [5.41, 5.74) is -0.996. The zero-order valence-electron chi connectivity index (χ0n) is 11.0. The summed E-state index contributed by atoms with van der Waals surface area (Å²) in [6.45, 7) is 2.97. The van der Waals surface area contributed by atoms with Gasteiger partial charge in [-0.1, -0.05) is 6.92 Å². The van der Waals surface area contributed by atoms with Crippen molar-refractivity contribution in [2.24, 2.45) is 0 Å². The van der Waals surface area contributed by atoms with E-state index < -0.39 is 30.6 Å². The number of halogens is 6. The molecule has 0 fully saturated rings. The highest BCUT2D eigenvalue weighted by atomic mass is 19.4. The maximum Gasteiger partial charge on any atom is 0.423 e. The number of alkyl halides is 6. The van der Waals surface area contributed by atoms with Crippen molar-refractivity contribution in [3.8, 4) is 6.07 Å². The Balaban J connectivity index is 4.38. The zero-order valence-corrected chi connectivity index (χ0v) is 11.0. The van der Waals surface area contributed by atoms with Crippen LogP contribution >= 0.6 is 0 Å². The van der Waals surface area contributed by atoms with E-state index in [1.807, 2.05) is 6.07 Å². The molecule has 0 aromatic carbocycles. The summed E-state index contributed by atoms with van der Waals surface area (Å²) in [5, 5.41) is 11.7. The van der Waals surface area contributed by atoms with Crippen molar-refractivity contribution in [1.29, 1.82) is 5.26 Å². The molecule has 0 spiro atoms. The molecular formula is C11H16F6N2O. The molecular weight excluding hydrogens is 290 g/mol. The van der Waals surface area contributed by atoms with E-state index in [0.29, 0.717) is 6.54 Å². The van der Waals surface area contributed by atoms with Crippen LogP contribution in [0.15, 0.2) is 0 Å². The summed E-state index contributed by atoms with van der Waals surface area (Å²) in [6, 6.07) is 1.92. The number of rotatable bonds is 7. The van der Waals surface area contributed by atoms with Gasteiger partial charge in [0.25, 0.3) is 0 Å². The molecule has 0 aliphatic carbocycles. The van der Waals surface area contributed by atoms with Gasteiger partial charge in [0.2, 0.25) is 6.10 Å². The van der Waals surface area contributed by atoms with E-state index in [2.05, 4.69) is 10.1 Å². The van der Waals surface area contributed by atoms with Gasteiger partial charge in [0.05, 0.1) is 6.07 Å².